The fraction of sp³-hybridized carbons (Fsp3) is 0.375. The zero-order chi connectivity index (χ0) is 22.1. The molecule has 0 spiro atoms. The van der Waals surface area contributed by atoms with Crippen LogP contribution in [0.4, 0.5) is 0 Å². The van der Waals surface area contributed by atoms with Gasteiger partial charge >= 0.3 is 0 Å². The molecular weight excluding hydrogens is 515 g/mol. The SMILES string of the molecule is CCNC(=NCCCn1cnc2ccccc21)NCCc1cccc(C(=O)N(C)C)c1.I. The summed E-state index contributed by atoms with van der Waals surface area (Å²) in [5.74, 6) is 0.842. The Balaban J connectivity index is 0.00000363. The molecule has 32 heavy (non-hydrogen) atoms. The van der Waals surface area contributed by atoms with Crippen LogP contribution < -0.4 is 10.6 Å². The van der Waals surface area contributed by atoms with Crippen LogP contribution in [0, 0.1) is 0 Å². The van der Waals surface area contributed by atoms with E-state index in [1.165, 1.54) is 0 Å². The van der Waals surface area contributed by atoms with Crippen molar-refractivity contribution in [3.8, 4) is 0 Å². The van der Waals surface area contributed by atoms with Crippen molar-refractivity contribution in [2.45, 2.75) is 26.3 Å². The molecule has 1 amide bonds. The maximum Gasteiger partial charge on any atom is 0.253 e. The molecule has 0 aliphatic carbocycles. The van der Waals surface area contributed by atoms with Gasteiger partial charge in [0.2, 0.25) is 0 Å². The van der Waals surface area contributed by atoms with Gasteiger partial charge in [-0.3, -0.25) is 9.79 Å². The van der Waals surface area contributed by atoms with E-state index in [1.54, 1.807) is 19.0 Å². The van der Waals surface area contributed by atoms with E-state index in [1.807, 2.05) is 48.8 Å². The number of imidazole rings is 1. The molecule has 3 aromatic rings. The molecule has 2 aromatic carbocycles. The molecule has 0 saturated heterocycles. The third kappa shape index (κ3) is 7.22. The Kier molecular flexibility index (Phi) is 10.5. The molecule has 0 aliphatic rings. The van der Waals surface area contributed by atoms with Gasteiger partial charge in [-0.25, -0.2) is 4.98 Å². The summed E-state index contributed by atoms with van der Waals surface area (Å²) < 4.78 is 2.17. The zero-order valence-electron chi connectivity index (χ0n) is 19.0. The van der Waals surface area contributed by atoms with Crippen molar-refractivity contribution >= 4 is 46.9 Å². The number of hydrogen-bond acceptors (Lipinski definition) is 3. The lowest BCUT2D eigenvalue weighted by Gasteiger charge is -2.13. The molecule has 0 aliphatic heterocycles. The lowest BCUT2D eigenvalue weighted by molar-refractivity contribution is 0.0827. The third-order valence-electron chi connectivity index (χ3n) is 4.98. The number of aromatic nitrogens is 2. The van der Waals surface area contributed by atoms with Crippen molar-refractivity contribution in [2.24, 2.45) is 4.99 Å². The number of halogens is 1. The summed E-state index contributed by atoms with van der Waals surface area (Å²) in [6, 6.07) is 16.0. The summed E-state index contributed by atoms with van der Waals surface area (Å²) in [6.45, 7) is 5.23. The van der Waals surface area contributed by atoms with E-state index in [2.05, 4.69) is 33.2 Å². The van der Waals surface area contributed by atoms with E-state index in [-0.39, 0.29) is 29.9 Å². The van der Waals surface area contributed by atoms with Crippen LogP contribution in [0.1, 0.15) is 29.3 Å². The molecule has 0 fully saturated rings. The van der Waals surface area contributed by atoms with Gasteiger partial charge in [-0.15, -0.1) is 24.0 Å². The van der Waals surface area contributed by atoms with Gasteiger partial charge in [0.05, 0.1) is 17.4 Å². The number of nitrogens with zero attached hydrogens (tertiary/aromatic N) is 4. The Hall–Kier alpha value is -2.62. The summed E-state index contributed by atoms with van der Waals surface area (Å²) in [4.78, 5) is 22.9. The molecule has 7 nitrogen and oxygen atoms in total. The zero-order valence-corrected chi connectivity index (χ0v) is 21.4. The van der Waals surface area contributed by atoms with E-state index in [0.29, 0.717) is 0 Å². The standard InChI is InChI=1S/C24H32N6O.HI/c1-4-25-24(26-14-8-16-30-18-28-21-11-5-6-12-22(21)30)27-15-13-19-9-7-10-20(17-19)23(31)29(2)3;/h5-7,9-12,17-18H,4,8,13-16H2,1-3H3,(H2,25,26,27);1H. The van der Waals surface area contributed by atoms with Crippen LogP contribution >= 0.6 is 24.0 Å². The van der Waals surface area contributed by atoms with Crippen LogP contribution in [0.3, 0.4) is 0 Å². The molecule has 0 atom stereocenters. The van der Waals surface area contributed by atoms with E-state index in [4.69, 9.17) is 4.99 Å². The number of benzene rings is 2. The Labute approximate surface area is 207 Å². The molecule has 0 unspecified atom stereocenters. The predicted octanol–water partition coefficient (Wildman–Crippen LogP) is 3.54. The topological polar surface area (TPSA) is 74.5 Å². The van der Waals surface area contributed by atoms with Crippen LogP contribution in [0.25, 0.3) is 11.0 Å². The summed E-state index contributed by atoms with van der Waals surface area (Å²) in [5.41, 5.74) is 4.03. The fourth-order valence-electron chi connectivity index (χ4n) is 3.41. The molecule has 0 saturated carbocycles. The molecule has 8 heteroatoms. The number of aryl methyl sites for hydroxylation is 1. The monoisotopic (exact) mass is 548 g/mol. The first-order chi connectivity index (χ1) is 15.1. The number of hydrogen-bond donors (Lipinski definition) is 2. The van der Waals surface area contributed by atoms with Crippen molar-refractivity contribution in [1.29, 1.82) is 0 Å². The molecule has 3 rings (SSSR count). The predicted molar refractivity (Wildman–Crippen MR) is 142 cm³/mol. The first-order valence-electron chi connectivity index (χ1n) is 10.8. The summed E-state index contributed by atoms with van der Waals surface area (Å²) in [7, 11) is 3.54. The molecule has 1 aromatic heterocycles. The van der Waals surface area contributed by atoms with Gasteiger partial charge < -0.3 is 20.1 Å². The molecule has 0 bridgehead atoms. The lowest BCUT2D eigenvalue weighted by Crippen LogP contribution is -2.38. The largest absolute Gasteiger partial charge is 0.357 e. The van der Waals surface area contributed by atoms with Gasteiger partial charge in [-0.1, -0.05) is 24.3 Å². The van der Waals surface area contributed by atoms with E-state index >= 15 is 0 Å². The second kappa shape index (κ2) is 13.0. The normalized spacial score (nSPS) is 11.2. The van der Waals surface area contributed by atoms with Crippen LogP contribution in [-0.2, 0) is 13.0 Å². The molecule has 2 N–H and O–H groups in total. The highest BCUT2D eigenvalue weighted by molar-refractivity contribution is 14.0. The van der Waals surface area contributed by atoms with E-state index in [9.17, 15) is 4.79 Å². The van der Waals surface area contributed by atoms with Crippen molar-refractivity contribution in [1.82, 2.24) is 25.1 Å². The van der Waals surface area contributed by atoms with Gasteiger partial charge in [0.25, 0.3) is 5.91 Å². The van der Waals surface area contributed by atoms with Crippen LogP contribution in [0.15, 0.2) is 59.9 Å². The van der Waals surface area contributed by atoms with Crippen molar-refractivity contribution in [3.63, 3.8) is 0 Å². The van der Waals surface area contributed by atoms with Crippen LogP contribution in [-0.4, -0.2) is 60.0 Å². The van der Waals surface area contributed by atoms with Crippen molar-refractivity contribution in [2.75, 3.05) is 33.7 Å². The summed E-state index contributed by atoms with van der Waals surface area (Å²) in [6.07, 6.45) is 3.65. The van der Waals surface area contributed by atoms with Crippen LogP contribution in [0.5, 0.6) is 0 Å². The average Bonchev–Trinajstić information content (AvgIpc) is 3.19. The molecule has 1 heterocycles. The van der Waals surface area contributed by atoms with Gasteiger partial charge in [0, 0.05) is 45.8 Å². The number of aliphatic imine (C=N–C) groups is 1. The fourth-order valence-corrected chi connectivity index (χ4v) is 3.41. The number of guanidine groups is 1. The minimum absolute atomic E-state index is 0. The highest BCUT2D eigenvalue weighted by atomic mass is 127. The van der Waals surface area contributed by atoms with E-state index < -0.39 is 0 Å². The number of amides is 1. The lowest BCUT2D eigenvalue weighted by atomic mass is 10.1. The minimum Gasteiger partial charge on any atom is -0.357 e. The minimum atomic E-state index is 0. The first kappa shape index (κ1) is 25.6. The Morgan fingerprint density at radius 1 is 1.12 bits per heavy atom. The van der Waals surface area contributed by atoms with Gasteiger partial charge in [0.15, 0.2) is 5.96 Å². The summed E-state index contributed by atoms with van der Waals surface area (Å²) in [5, 5.41) is 6.68. The highest BCUT2D eigenvalue weighted by Crippen LogP contribution is 2.12. The average molecular weight is 548 g/mol. The first-order valence-corrected chi connectivity index (χ1v) is 10.8. The second-order valence-corrected chi connectivity index (χ2v) is 7.62. The van der Waals surface area contributed by atoms with Crippen molar-refractivity contribution < 1.29 is 4.79 Å². The van der Waals surface area contributed by atoms with Gasteiger partial charge in [0.1, 0.15) is 0 Å². The van der Waals surface area contributed by atoms with Crippen LogP contribution in [0.2, 0.25) is 0 Å². The molecule has 0 radical (unpaired) electrons. The Morgan fingerprint density at radius 3 is 2.72 bits per heavy atom. The van der Waals surface area contributed by atoms with Crippen molar-refractivity contribution in [3.05, 3.63) is 66.0 Å². The smallest absolute Gasteiger partial charge is 0.253 e. The number of carbonyl (C=O) groups is 1. The Morgan fingerprint density at radius 2 is 1.94 bits per heavy atom. The third-order valence-corrected chi connectivity index (χ3v) is 4.98. The quantitative estimate of drug-likeness (QED) is 0.186. The Bertz CT molecular complexity index is 1030. The van der Waals surface area contributed by atoms with E-state index in [0.717, 1.165) is 67.1 Å². The highest BCUT2D eigenvalue weighted by Gasteiger charge is 2.08. The maximum atomic E-state index is 12.1. The molecular formula is C24H33IN6O. The van der Waals surface area contributed by atoms with Gasteiger partial charge in [-0.2, -0.15) is 0 Å². The maximum absolute atomic E-state index is 12.1. The molecule has 172 valence electrons. The summed E-state index contributed by atoms with van der Waals surface area (Å²) >= 11 is 0. The number of nitrogens with one attached hydrogen (secondary N) is 2. The number of fused-ring (bicyclic) bond motifs is 1. The van der Waals surface area contributed by atoms with Gasteiger partial charge in [-0.05, 0) is 49.6 Å². The number of carbonyl (C=O) groups excluding carboxylic acids is 1. The second-order valence-electron chi connectivity index (χ2n) is 7.62. The number of rotatable bonds is 9. The number of para-hydroxylation sites is 2.